The second-order valence-corrected chi connectivity index (χ2v) is 2.23. The number of nitrogens with zero attached hydrogens (tertiary/aromatic N) is 1. The van der Waals surface area contributed by atoms with Crippen molar-refractivity contribution in [2.24, 2.45) is 16.6 Å². The number of allylic oxidation sites excluding steroid dienone is 2. The molecule has 0 saturated carbocycles. The molecule has 0 aromatic carbocycles. The Morgan fingerprint density at radius 2 is 2.09 bits per heavy atom. The number of nitrogens with one attached hydrogen (secondary N) is 1. The van der Waals surface area contributed by atoms with Gasteiger partial charge in [-0.1, -0.05) is 6.58 Å². The Bertz CT molecular complexity index is 198. The third-order valence-corrected chi connectivity index (χ3v) is 0.914. The zero-order valence-electron chi connectivity index (χ0n) is 6.89. The first-order valence-electron chi connectivity index (χ1n) is 3.21. The molecule has 0 aliphatic rings. The fraction of sp³-hybridized carbons (Fsp3) is 0.286. The Morgan fingerprint density at radius 3 is 2.45 bits per heavy atom. The van der Waals surface area contributed by atoms with Gasteiger partial charge in [-0.25, -0.2) is 10.8 Å². The molecule has 11 heavy (non-hydrogen) atoms. The summed E-state index contributed by atoms with van der Waals surface area (Å²) in [5, 5.41) is 0. The van der Waals surface area contributed by atoms with Gasteiger partial charge in [-0.3, -0.25) is 0 Å². The van der Waals surface area contributed by atoms with Crippen LogP contribution in [0.15, 0.2) is 29.2 Å². The molecular formula is C7H14N4. The van der Waals surface area contributed by atoms with Crippen molar-refractivity contribution in [3.05, 3.63) is 24.2 Å². The van der Waals surface area contributed by atoms with E-state index in [-0.39, 0.29) is 0 Å². The molecule has 0 amide bonds. The van der Waals surface area contributed by atoms with Gasteiger partial charge in [0.2, 0.25) is 0 Å². The van der Waals surface area contributed by atoms with Crippen molar-refractivity contribution in [3.63, 3.8) is 0 Å². The summed E-state index contributed by atoms with van der Waals surface area (Å²) in [7, 11) is 0. The lowest BCUT2D eigenvalue weighted by molar-refractivity contribution is 0.875. The lowest BCUT2D eigenvalue weighted by Crippen LogP contribution is -2.19. The van der Waals surface area contributed by atoms with Crippen LogP contribution in [-0.2, 0) is 0 Å². The van der Waals surface area contributed by atoms with E-state index in [1.54, 1.807) is 13.0 Å². The SMILES string of the molecule is C=C(/N=C(C)\C=C(\C)N)NN. The van der Waals surface area contributed by atoms with Gasteiger partial charge < -0.3 is 11.2 Å². The highest BCUT2D eigenvalue weighted by molar-refractivity contribution is 5.93. The maximum absolute atomic E-state index is 5.41. The first-order valence-corrected chi connectivity index (χ1v) is 3.21. The number of aliphatic imine (C=N–C) groups is 1. The largest absolute Gasteiger partial charge is 0.402 e. The number of hydrazine groups is 1. The van der Waals surface area contributed by atoms with E-state index in [4.69, 9.17) is 11.6 Å². The van der Waals surface area contributed by atoms with Crippen molar-refractivity contribution in [1.82, 2.24) is 5.43 Å². The molecule has 0 rings (SSSR count). The minimum absolute atomic E-state index is 0.417. The van der Waals surface area contributed by atoms with Crippen molar-refractivity contribution < 1.29 is 0 Å². The molecule has 0 aromatic heterocycles. The standard InChI is InChI=1S/C7H14N4/c1-5(8)4-6(2)10-7(3)11-9/h4,11H,3,8-9H2,1-2H3/b5-4-,10-6-. The number of hydrogen-bond donors (Lipinski definition) is 3. The summed E-state index contributed by atoms with van der Waals surface area (Å²) < 4.78 is 0. The third kappa shape index (κ3) is 5.17. The zero-order chi connectivity index (χ0) is 8.85. The maximum Gasteiger partial charge on any atom is 0.132 e. The molecule has 5 N–H and O–H groups in total. The highest BCUT2D eigenvalue weighted by atomic mass is 15.3. The van der Waals surface area contributed by atoms with Crippen LogP contribution in [0.25, 0.3) is 0 Å². The predicted octanol–water partition coefficient (Wildman–Crippen LogP) is 0.244. The van der Waals surface area contributed by atoms with Gasteiger partial charge in [0.15, 0.2) is 0 Å². The molecule has 0 fully saturated rings. The van der Waals surface area contributed by atoms with Crippen molar-refractivity contribution >= 4 is 5.71 Å². The average molecular weight is 154 g/mol. The second-order valence-electron chi connectivity index (χ2n) is 2.23. The fourth-order valence-corrected chi connectivity index (χ4v) is 0.607. The van der Waals surface area contributed by atoms with Gasteiger partial charge in [0.1, 0.15) is 5.82 Å². The van der Waals surface area contributed by atoms with Crippen LogP contribution < -0.4 is 17.0 Å². The highest BCUT2D eigenvalue weighted by Crippen LogP contribution is 1.90. The van der Waals surface area contributed by atoms with Crippen molar-refractivity contribution in [2.75, 3.05) is 0 Å². The second kappa shape index (κ2) is 4.51. The van der Waals surface area contributed by atoms with Gasteiger partial charge in [0.25, 0.3) is 0 Å². The van der Waals surface area contributed by atoms with Crippen molar-refractivity contribution in [1.29, 1.82) is 0 Å². The quantitative estimate of drug-likeness (QED) is 0.310. The van der Waals surface area contributed by atoms with Crippen molar-refractivity contribution in [2.45, 2.75) is 13.8 Å². The van der Waals surface area contributed by atoms with E-state index in [2.05, 4.69) is 17.0 Å². The molecule has 0 aliphatic heterocycles. The van der Waals surface area contributed by atoms with E-state index in [1.807, 2.05) is 6.92 Å². The average Bonchev–Trinajstić information content (AvgIpc) is 1.85. The molecule has 0 saturated heterocycles. The molecule has 0 unspecified atom stereocenters. The molecule has 0 aliphatic carbocycles. The lowest BCUT2D eigenvalue weighted by Gasteiger charge is -1.97. The first kappa shape index (κ1) is 9.71. The summed E-state index contributed by atoms with van der Waals surface area (Å²) in [5.41, 5.74) is 9.20. The van der Waals surface area contributed by atoms with Crippen LogP contribution in [0.1, 0.15) is 13.8 Å². The summed E-state index contributed by atoms with van der Waals surface area (Å²) in [6.45, 7) is 7.13. The maximum atomic E-state index is 5.41. The van der Waals surface area contributed by atoms with Gasteiger partial charge >= 0.3 is 0 Å². The van der Waals surface area contributed by atoms with E-state index in [0.29, 0.717) is 11.5 Å². The highest BCUT2D eigenvalue weighted by Gasteiger charge is 1.87. The monoisotopic (exact) mass is 154 g/mol. The third-order valence-electron chi connectivity index (χ3n) is 0.914. The molecule has 0 spiro atoms. The number of nitrogens with two attached hydrogens (primary N) is 2. The summed E-state index contributed by atoms with van der Waals surface area (Å²) in [4.78, 5) is 3.97. The molecular weight excluding hydrogens is 140 g/mol. The zero-order valence-corrected chi connectivity index (χ0v) is 6.89. The van der Waals surface area contributed by atoms with E-state index in [1.165, 1.54) is 0 Å². The summed E-state index contributed by atoms with van der Waals surface area (Å²) >= 11 is 0. The lowest BCUT2D eigenvalue weighted by atomic mass is 10.3. The molecule has 0 heterocycles. The molecule has 4 heteroatoms. The van der Waals surface area contributed by atoms with E-state index < -0.39 is 0 Å². The van der Waals surface area contributed by atoms with Crippen LogP contribution in [0.5, 0.6) is 0 Å². The Kier molecular flexibility index (Phi) is 3.98. The van der Waals surface area contributed by atoms with Gasteiger partial charge in [-0.2, -0.15) is 0 Å². The number of rotatable bonds is 3. The normalized spacial score (nSPS) is 13.0. The summed E-state index contributed by atoms with van der Waals surface area (Å²) in [6, 6.07) is 0. The Balaban J connectivity index is 4.23. The Labute approximate surface area is 66.6 Å². The topological polar surface area (TPSA) is 76.4 Å². The van der Waals surface area contributed by atoms with Crippen molar-refractivity contribution in [3.8, 4) is 0 Å². The molecule has 4 nitrogen and oxygen atoms in total. The molecule has 0 radical (unpaired) electrons. The molecule has 0 atom stereocenters. The van der Waals surface area contributed by atoms with Crippen LogP contribution in [-0.4, -0.2) is 5.71 Å². The summed E-state index contributed by atoms with van der Waals surface area (Å²) in [5.74, 6) is 5.46. The molecule has 62 valence electrons. The number of hydrogen-bond acceptors (Lipinski definition) is 4. The van der Waals surface area contributed by atoms with Gasteiger partial charge in [0.05, 0.1) is 0 Å². The van der Waals surface area contributed by atoms with E-state index in [0.717, 1.165) is 5.71 Å². The van der Waals surface area contributed by atoms with Gasteiger partial charge in [-0.05, 0) is 19.9 Å². The first-order chi connectivity index (χ1) is 5.06. The molecule has 0 aromatic rings. The van der Waals surface area contributed by atoms with E-state index in [9.17, 15) is 0 Å². The van der Waals surface area contributed by atoms with Gasteiger partial charge in [0, 0.05) is 11.4 Å². The predicted molar refractivity (Wildman–Crippen MR) is 47.5 cm³/mol. The smallest absolute Gasteiger partial charge is 0.132 e. The van der Waals surface area contributed by atoms with E-state index >= 15 is 0 Å². The summed E-state index contributed by atoms with van der Waals surface area (Å²) in [6.07, 6.45) is 1.74. The van der Waals surface area contributed by atoms with Gasteiger partial charge in [-0.15, -0.1) is 0 Å². The Hall–Kier alpha value is -1.29. The minimum Gasteiger partial charge on any atom is -0.402 e. The van der Waals surface area contributed by atoms with Crippen LogP contribution in [0.2, 0.25) is 0 Å². The Morgan fingerprint density at radius 1 is 1.55 bits per heavy atom. The van der Waals surface area contributed by atoms with Crippen LogP contribution in [0.4, 0.5) is 0 Å². The minimum atomic E-state index is 0.417. The van der Waals surface area contributed by atoms with Crippen LogP contribution >= 0.6 is 0 Å². The molecule has 0 bridgehead atoms. The van der Waals surface area contributed by atoms with Crippen LogP contribution in [0.3, 0.4) is 0 Å². The van der Waals surface area contributed by atoms with Crippen LogP contribution in [0, 0.1) is 0 Å². The fourth-order valence-electron chi connectivity index (χ4n) is 0.607.